The summed E-state index contributed by atoms with van der Waals surface area (Å²) in [5, 5.41) is 9.05. The van der Waals surface area contributed by atoms with Gasteiger partial charge in [-0.1, -0.05) is 33.1 Å². The van der Waals surface area contributed by atoms with E-state index in [1.807, 2.05) is 6.07 Å². The number of unbranched alkanes of at least 4 members (excludes halogenated alkanes) is 1. The fraction of sp³-hybridized carbons (Fsp3) is 0.533. The molecule has 0 amide bonds. The van der Waals surface area contributed by atoms with E-state index in [0.29, 0.717) is 18.2 Å². The van der Waals surface area contributed by atoms with Crippen LogP contribution in [0.2, 0.25) is 0 Å². The van der Waals surface area contributed by atoms with Crippen molar-refractivity contribution in [3.8, 4) is 6.07 Å². The molecule has 3 N–H and O–H groups in total. The fourth-order valence-corrected chi connectivity index (χ4v) is 3.37. The van der Waals surface area contributed by atoms with Crippen LogP contribution in [0, 0.1) is 17.2 Å². The molecule has 0 aromatic heterocycles. The molecule has 0 saturated heterocycles. The van der Waals surface area contributed by atoms with E-state index >= 15 is 0 Å². The standard InChI is InChI=1S/C15H23N3O2S/c1-3-5-6-12(4-2)11-18-21(19,20)15-8-7-14(17)9-13(15)10-16/h7-9,12,18H,3-6,11,17H2,1-2H3. The van der Waals surface area contributed by atoms with Gasteiger partial charge in [0.25, 0.3) is 0 Å². The second-order valence-electron chi connectivity index (χ2n) is 5.14. The van der Waals surface area contributed by atoms with Crippen molar-refractivity contribution in [1.29, 1.82) is 5.26 Å². The van der Waals surface area contributed by atoms with Crippen LogP contribution < -0.4 is 10.5 Å². The Morgan fingerprint density at radius 2 is 2.10 bits per heavy atom. The van der Waals surface area contributed by atoms with Crippen LogP contribution >= 0.6 is 0 Å². The number of nitrogens with one attached hydrogen (secondary N) is 1. The summed E-state index contributed by atoms with van der Waals surface area (Å²) in [5.41, 5.74) is 6.03. The zero-order valence-electron chi connectivity index (χ0n) is 12.6. The van der Waals surface area contributed by atoms with Crippen LogP contribution in [0.4, 0.5) is 5.69 Å². The van der Waals surface area contributed by atoms with Crippen molar-refractivity contribution in [2.24, 2.45) is 5.92 Å². The highest BCUT2D eigenvalue weighted by Gasteiger charge is 2.20. The molecular formula is C15H23N3O2S. The van der Waals surface area contributed by atoms with Crippen molar-refractivity contribution in [2.45, 2.75) is 44.4 Å². The number of rotatable bonds is 8. The summed E-state index contributed by atoms with van der Waals surface area (Å²) >= 11 is 0. The molecule has 0 bridgehead atoms. The third-order valence-corrected chi connectivity index (χ3v) is 5.00. The Morgan fingerprint density at radius 3 is 2.67 bits per heavy atom. The van der Waals surface area contributed by atoms with E-state index in [-0.39, 0.29) is 10.5 Å². The summed E-state index contributed by atoms with van der Waals surface area (Å²) in [4.78, 5) is -0.00968. The maximum absolute atomic E-state index is 12.3. The highest BCUT2D eigenvalue weighted by atomic mass is 32.2. The Balaban J connectivity index is 2.85. The monoisotopic (exact) mass is 309 g/mol. The first-order valence-corrected chi connectivity index (χ1v) is 8.72. The molecule has 0 spiro atoms. The van der Waals surface area contributed by atoms with Gasteiger partial charge in [-0.3, -0.25) is 0 Å². The van der Waals surface area contributed by atoms with Crippen molar-refractivity contribution in [3.05, 3.63) is 23.8 Å². The topological polar surface area (TPSA) is 96.0 Å². The number of anilines is 1. The summed E-state index contributed by atoms with van der Waals surface area (Å²) in [6, 6.07) is 6.13. The van der Waals surface area contributed by atoms with Crippen molar-refractivity contribution < 1.29 is 8.42 Å². The quantitative estimate of drug-likeness (QED) is 0.721. The molecule has 0 aliphatic heterocycles. The van der Waals surface area contributed by atoms with Crippen LogP contribution in [0.15, 0.2) is 23.1 Å². The first-order valence-electron chi connectivity index (χ1n) is 7.23. The lowest BCUT2D eigenvalue weighted by atomic mass is 10.00. The summed E-state index contributed by atoms with van der Waals surface area (Å²) in [6.45, 7) is 4.57. The minimum absolute atomic E-state index is 0.00968. The van der Waals surface area contributed by atoms with Gasteiger partial charge in [0, 0.05) is 12.2 Å². The van der Waals surface area contributed by atoms with Gasteiger partial charge in [-0.25, -0.2) is 13.1 Å². The highest BCUT2D eigenvalue weighted by Crippen LogP contribution is 2.19. The number of benzene rings is 1. The SMILES string of the molecule is CCCCC(CC)CNS(=O)(=O)c1ccc(N)cc1C#N. The van der Waals surface area contributed by atoms with E-state index < -0.39 is 10.0 Å². The molecule has 0 fully saturated rings. The molecule has 0 heterocycles. The first-order chi connectivity index (χ1) is 9.94. The minimum atomic E-state index is -3.68. The van der Waals surface area contributed by atoms with Crippen LogP contribution in [-0.2, 0) is 10.0 Å². The molecule has 1 aromatic rings. The van der Waals surface area contributed by atoms with Crippen LogP contribution in [-0.4, -0.2) is 15.0 Å². The molecule has 5 nitrogen and oxygen atoms in total. The van der Waals surface area contributed by atoms with Gasteiger partial charge < -0.3 is 5.73 Å². The average molecular weight is 309 g/mol. The van der Waals surface area contributed by atoms with Gasteiger partial charge in [0.1, 0.15) is 6.07 Å². The molecule has 0 radical (unpaired) electrons. The number of nitriles is 1. The Bertz CT molecular complexity index is 606. The van der Waals surface area contributed by atoms with Crippen molar-refractivity contribution >= 4 is 15.7 Å². The summed E-state index contributed by atoms with van der Waals surface area (Å²) in [7, 11) is -3.68. The average Bonchev–Trinajstić information content (AvgIpc) is 2.47. The largest absolute Gasteiger partial charge is 0.399 e. The maximum Gasteiger partial charge on any atom is 0.241 e. The summed E-state index contributed by atoms with van der Waals surface area (Å²) < 4.78 is 27.2. The molecule has 1 unspecified atom stereocenters. The van der Waals surface area contributed by atoms with Gasteiger partial charge in [0.15, 0.2) is 0 Å². The van der Waals surface area contributed by atoms with Gasteiger partial charge in [0.2, 0.25) is 10.0 Å². The molecular weight excluding hydrogens is 286 g/mol. The second kappa shape index (κ2) is 8.01. The second-order valence-corrected chi connectivity index (χ2v) is 6.87. The predicted molar refractivity (Wildman–Crippen MR) is 84.1 cm³/mol. The normalized spacial score (nSPS) is 12.8. The zero-order chi connectivity index (χ0) is 15.9. The van der Waals surface area contributed by atoms with Crippen LogP contribution in [0.1, 0.15) is 45.1 Å². The number of hydrogen-bond acceptors (Lipinski definition) is 4. The first kappa shape index (κ1) is 17.5. The predicted octanol–water partition coefficient (Wildman–Crippen LogP) is 2.64. The number of nitrogens with two attached hydrogens (primary N) is 1. The molecule has 1 atom stereocenters. The van der Waals surface area contributed by atoms with Crippen LogP contribution in [0.5, 0.6) is 0 Å². The summed E-state index contributed by atoms with van der Waals surface area (Å²) in [6.07, 6.45) is 4.11. The van der Waals surface area contributed by atoms with Gasteiger partial charge in [-0.15, -0.1) is 0 Å². The maximum atomic E-state index is 12.3. The van der Waals surface area contributed by atoms with E-state index in [9.17, 15) is 8.42 Å². The zero-order valence-corrected chi connectivity index (χ0v) is 13.4. The lowest BCUT2D eigenvalue weighted by molar-refractivity contribution is 0.443. The molecule has 1 rings (SSSR count). The lowest BCUT2D eigenvalue weighted by Gasteiger charge is -2.16. The third-order valence-electron chi connectivity index (χ3n) is 3.52. The molecule has 0 aliphatic rings. The van der Waals surface area contributed by atoms with Crippen molar-refractivity contribution in [2.75, 3.05) is 12.3 Å². The Hall–Kier alpha value is -1.58. The van der Waals surface area contributed by atoms with E-state index in [4.69, 9.17) is 11.0 Å². The highest BCUT2D eigenvalue weighted by molar-refractivity contribution is 7.89. The van der Waals surface area contributed by atoms with Crippen molar-refractivity contribution in [3.63, 3.8) is 0 Å². The van der Waals surface area contributed by atoms with E-state index in [1.165, 1.54) is 18.2 Å². The van der Waals surface area contributed by atoms with Gasteiger partial charge >= 0.3 is 0 Å². The van der Waals surface area contributed by atoms with E-state index in [2.05, 4.69) is 18.6 Å². The van der Waals surface area contributed by atoms with E-state index in [1.54, 1.807) is 0 Å². The smallest absolute Gasteiger partial charge is 0.241 e. The van der Waals surface area contributed by atoms with Gasteiger partial charge in [0.05, 0.1) is 10.5 Å². The van der Waals surface area contributed by atoms with Crippen LogP contribution in [0.25, 0.3) is 0 Å². The molecule has 0 saturated carbocycles. The van der Waals surface area contributed by atoms with Gasteiger partial charge in [-0.05, 0) is 30.5 Å². The number of sulfonamides is 1. The molecule has 21 heavy (non-hydrogen) atoms. The Morgan fingerprint density at radius 1 is 1.38 bits per heavy atom. The van der Waals surface area contributed by atoms with Crippen molar-refractivity contribution in [1.82, 2.24) is 4.72 Å². The summed E-state index contributed by atoms with van der Waals surface area (Å²) in [5.74, 6) is 0.319. The molecule has 1 aromatic carbocycles. The third kappa shape index (κ3) is 5.03. The van der Waals surface area contributed by atoms with Crippen LogP contribution in [0.3, 0.4) is 0 Å². The number of nitrogen functional groups attached to an aromatic ring is 1. The number of hydrogen-bond donors (Lipinski definition) is 2. The molecule has 116 valence electrons. The lowest BCUT2D eigenvalue weighted by Crippen LogP contribution is -2.29. The molecule has 0 aliphatic carbocycles. The molecule has 6 heteroatoms. The van der Waals surface area contributed by atoms with E-state index in [0.717, 1.165) is 25.7 Å². The Kier molecular flexibility index (Phi) is 6.66. The van der Waals surface area contributed by atoms with Gasteiger partial charge in [-0.2, -0.15) is 5.26 Å². The fourth-order valence-electron chi connectivity index (χ4n) is 2.12. The number of nitrogens with zero attached hydrogens (tertiary/aromatic N) is 1. The minimum Gasteiger partial charge on any atom is -0.399 e. The Labute approximate surface area is 127 Å².